The third-order valence-corrected chi connectivity index (χ3v) is 2.91. The van der Waals surface area contributed by atoms with Crippen molar-refractivity contribution in [1.82, 2.24) is 15.2 Å². The van der Waals surface area contributed by atoms with Crippen molar-refractivity contribution >= 4 is 17.5 Å². The molecule has 1 aliphatic heterocycles. The summed E-state index contributed by atoms with van der Waals surface area (Å²) in [5.74, 6) is -0.206. The lowest BCUT2D eigenvalue weighted by molar-refractivity contribution is -0.126. The summed E-state index contributed by atoms with van der Waals surface area (Å²) in [5.41, 5.74) is 2.81. The highest BCUT2D eigenvalue weighted by molar-refractivity contribution is 6.39. The first-order valence-electron chi connectivity index (χ1n) is 6.26. The van der Waals surface area contributed by atoms with Crippen molar-refractivity contribution in [3.8, 4) is 0 Å². The van der Waals surface area contributed by atoms with Crippen molar-refractivity contribution in [2.24, 2.45) is 5.10 Å². The number of amides is 2. The van der Waals surface area contributed by atoms with Crippen LogP contribution in [0.5, 0.6) is 0 Å². The van der Waals surface area contributed by atoms with E-state index in [1.165, 1.54) is 0 Å². The molecular weight excluding hydrogens is 232 g/mol. The molecule has 1 atom stereocenters. The van der Waals surface area contributed by atoms with E-state index in [1.54, 1.807) is 4.90 Å². The number of nitrogens with zero attached hydrogens (tertiary/aromatic N) is 3. The molecule has 0 aliphatic carbocycles. The van der Waals surface area contributed by atoms with Crippen LogP contribution in [-0.4, -0.2) is 60.6 Å². The SMILES string of the molecule is CCN(C(=O)C1=NNC(=O)CC1)C(C)CN(C)C. The molecule has 1 aliphatic rings. The van der Waals surface area contributed by atoms with Crippen molar-refractivity contribution in [2.75, 3.05) is 27.2 Å². The Morgan fingerprint density at radius 1 is 1.44 bits per heavy atom. The zero-order valence-electron chi connectivity index (χ0n) is 11.6. The fraction of sp³-hybridized carbons (Fsp3) is 0.750. The molecule has 0 aromatic carbocycles. The Morgan fingerprint density at radius 3 is 2.56 bits per heavy atom. The first-order valence-corrected chi connectivity index (χ1v) is 6.26. The van der Waals surface area contributed by atoms with Crippen LogP contribution in [0.4, 0.5) is 0 Å². The van der Waals surface area contributed by atoms with Crippen molar-refractivity contribution in [2.45, 2.75) is 32.7 Å². The molecule has 18 heavy (non-hydrogen) atoms. The highest BCUT2D eigenvalue weighted by Gasteiger charge is 2.25. The highest BCUT2D eigenvalue weighted by Crippen LogP contribution is 2.07. The molecule has 6 heteroatoms. The molecule has 0 radical (unpaired) electrons. The van der Waals surface area contributed by atoms with Crippen LogP contribution in [0.1, 0.15) is 26.7 Å². The Labute approximate surface area is 108 Å². The number of hydrogen-bond donors (Lipinski definition) is 1. The molecule has 1 rings (SSSR count). The fourth-order valence-electron chi connectivity index (χ4n) is 2.08. The minimum Gasteiger partial charge on any atom is -0.334 e. The molecule has 0 spiro atoms. The summed E-state index contributed by atoms with van der Waals surface area (Å²) in [6.45, 7) is 5.41. The molecule has 1 unspecified atom stereocenters. The average Bonchev–Trinajstić information content (AvgIpc) is 2.29. The number of nitrogens with one attached hydrogen (secondary N) is 1. The summed E-state index contributed by atoms with van der Waals surface area (Å²) in [7, 11) is 3.96. The van der Waals surface area contributed by atoms with E-state index in [1.807, 2.05) is 32.8 Å². The molecule has 1 heterocycles. The van der Waals surface area contributed by atoms with Gasteiger partial charge in [-0.3, -0.25) is 9.59 Å². The van der Waals surface area contributed by atoms with Crippen LogP contribution in [0.2, 0.25) is 0 Å². The van der Waals surface area contributed by atoms with E-state index in [4.69, 9.17) is 0 Å². The van der Waals surface area contributed by atoms with Gasteiger partial charge in [-0.05, 0) is 27.9 Å². The fourth-order valence-corrected chi connectivity index (χ4v) is 2.08. The van der Waals surface area contributed by atoms with Crippen LogP contribution in [0.25, 0.3) is 0 Å². The minimum atomic E-state index is -0.129. The van der Waals surface area contributed by atoms with Crippen molar-refractivity contribution in [3.63, 3.8) is 0 Å². The standard InChI is InChI=1S/C12H22N4O2/c1-5-16(9(2)8-15(3)4)12(18)10-6-7-11(17)14-13-10/h9H,5-8H2,1-4H3,(H,14,17). The first-order chi connectivity index (χ1) is 8.45. The third-order valence-electron chi connectivity index (χ3n) is 2.91. The van der Waals surface area contributed by atoms with E-state index in [-0.39, 0.29) is 17.9 Å². The Balaban J connectivity index is 2.70. The number of rotatable bonds is 5. The molecule has 0 saturated carbocycles. The number of hydrazone groups is 1. The molecule has 0 fully saturated rings. The van der Waals surface area contributed by atoms with Gasteiger partial charge >= 0.3 is 0 Å². The second kappa shape index (κ2) is 6.49. The maximum Gasteiger partial charge on any atom is 0.270 e. The minimum absolute atomic E-state index is 0.0770. The Kier molecular flexibility index (Phi) is 5.27. The maximum absolute atomic E-state index is 12.3. The van der Waals surface area contributed by atoms with Gasteiger partial charge in [-0.2, -0.15) is 5.10 Å². The molecule has 2 amide bonds. The van der Waals surface area contributed by atoms with Crippen molar-refractivity contribution in [1.29, 1.82) is 0 Å². The van der Waals surface area contributed by atoms with E-state index in [2.05, 4.69) is 10.5 Å². The van der Waals surface area contributed by atoms with Gasteiger partial charge in [0.15, 0.2) is 0 Å². The number of carbonyl (C=O) groups excluding carboxylic acids is 2. The van der Waals surface area contributed by atoms with E-state index >= 15 is 0 Å². The lowest BCUT2D eigenvalue weighted by Gasteiger charge is -2.30. The van der Waals surface area contributed by atoms with Gasteiger partial charge in [0.1, 0.15) is 5.71 Å². The van der Waals surface area contributed by atoms with E-state index in [0.29, 0.717) is 25.1 Å². The lowest BCUT2D eigenvalue weighted by atomic mass is 10.1. The zero-order chi connectivity index (χ0) is 13.7. The van der Waals surface area contributed by atoms with Gasteiger partial charge in [0.05, 0.1) is 0 Å². The van der Waals surface area contributed by atoms with Gasteiger partial charge < -0.3 is 9.80 Å². The summed E-state index contributed by atoms with van der Waals surface area (Å²) < 4.78 is 0. The molecule has 102 valence electrons. The number of likely N-dealkylation sites (N-methyl/N-ethyl adjacent to an activating group) is 2. The summed E-state index contributed by atoms with van der Waals surface area (Å²) in [5, 5.41) is 3.85. The van der Waals surface area contributed by atoms with Crippen LogP contribution < -0.4 is 5.43 Å². The Hall–Kier alpha value is -1.43. The Bertz CT molecular complexity index is 352. The topological polar surface area (TPSA) is 65.0 Å². The van der Waals surface area contributed by atoms with E-state index < -0.39 is 0 Å². The highest BCUT2D eigenvalue weighted by atomic mass is 16.2. The predicted octanol–water partition coefficient (Wildman–Crippen LogP) is 0.0510. The molecule has 0 bridgehead atoms. The molecule has 6 nitrogen and oxygen atoms in total. The largest absolute Gasteiger partial charge is 0.334 e. The van der Waals surface area contributed by atoms with Crippen LogP contribution in [0, 0.1) is 0 Å². The second-order valence-corrected chi connectivity index (χ2v) is 4.80. The zero-order valence-corrected chi connectivity index (χ0v) is 11.6. The summed E-state index contributed by atoms with van der Waals surface area (Å²) in [6, 6.07) is 0.123. The lowest BCUT2D eigenvalue weighted by Crippen LogP contribution is -2.47. The normalized spacial score (nSPS) is 17.2. The number of carbonyl (C=O) groups is 2. The Morgan fingerprint density at radius 2 is 2.11 bits per heavy atom. The van der Waals surface area contributed by atoms with Crippen LogP contribution >= 0.6 is 0 Å². The molecule has 0 aromatic rings. The van der Waals surface area contributed by atoms with Crippen molar-refractivity contribution in [3.05, 3.63) is 0 Å². The second-order valence-electron chi connectivity index (χ2n) is 4.80. The van der Waals surface area contributed by atoms with Gasteiger partial charge in [-0.15, -0.1) is 0 Å². The molecular formula is C12H22N4O2. The summed E-state index contributed by atoms with van der Waals surface area (Å²) in [4.78, 5) is 27.1. The summed E-state index contributed by atoms with van der Waals surface area (Å²) >= 11 is 0. The monoisotopic (exact) mass is 254 g/mol. The van der Waals surface area contributed by atoms with E-state index in [0.717, 1.165) is 6.54 Å². The third kappa shape index (κ3) is 3.80. The molecule has 0 saturated heterocycles. The number of hydrogen-bond acceptors (Lipinski definition) is 4. The molecule has 0 aromatic heterocycles. The molecule has 1 N–H and O–H groups in total. The average molecular weight is 254 g/mol. The maximum atomic E-state index is 12.3. The van der Waals surface area contributed by atoms with Gasteiger partial charge in [0.2, 0.25) is 5.91 Å². The predicted molar refractivity (Wildman–Crippen MR) is 70.2 cm³/mol. The van der Waals surface area contributed by atoms with Gasteiger partial charge in [0.25, 0.3) is 5.91 Å². The quantitative estimate of drug-likeness (QED) is 0.754. The van der Waals surface area contributed by atoms with Gasteiger partial charge in [-0.1, -0.05) is 0 Å². The first kappa shape index (κ1) is 14.6. The van der Waals surface area contributed by atoms with Crippen LogP contribution in [0.3, 0.4) is 0 Å². The van der Waals surface area contributed by atoms with Crippen molar-refractivity contribution < 1.29 is 9.59 Å². The van der Waals surface area contributed by atoms with E-state index in [9.17, 15) is 9.59 Å². The summed E-state index contributed by atoms with van der Waals surface area (Å²) in [6.07, 6.45) is 0.764. The van der Waals surface area contributed by atoms with Gasteiger partial charge in [0, 0.05) is 32.0 Å². The van der Waals surface area contributed by atoms with Gasteiger partial charge in [-0.25, -0.2) is 5.43 Å². The van der Waals surface area contributed by atoms with Crippen LogP contribution in [0.15, 0.2) is 5.10 Å². The van der Waals surface area contributed by atoms with Crippen LogP contribution in [-0.2, 0) is 9.59 Å². The smallest absolute Gasteiger partial charge is 0.270 e.